The van der Waals surface area contributed by atoms with Gasteiger partial charge in [0.2, 0.25) is 0 Å². The van der Waals surface area contributed by atoms with Gasteiger partial charge < -0.3 is 16.0 Å². The molecule has 0 spiro atoms. The minimum Gasteiger partial charge on any atom is -0.357 e. The van der Waals surface area contributed by atoms with E-state index in [2.05, 4.69) is 20.9 Å². The second-order valence-electron chi connectivity index (χ2n) is 5.80. The molecule has 0 aliphatic heterocycles. The summed E-state index contributed by atoms with van der Waals surface area (Å²) in [6.07, 6.45) is 0.650. The molecular weight excluding hydrogens is 494 g/mol. The van der Waals surface area contributed by atoms with Crippen molar-refractivity contribution in [1.29, 1.82) is 0 Å². The minimum atomic E-state index is -0.240. The van der Waals surface area contributed by atoms with E-state index in [-0.39, 0.29) is 35.7 Å². The van der Waals surface area contributed by atoms with Crippen molar-refractivity contribution in [3.8, 4) is 0 Å². The largest absolute Gasteiger partial charge is 0.357 e. The van der Waals surface area contributed by atoms with Crippen LogP contribution in [-0.4, -0.2) is 38.0 Å². The maximum Gasteiger partial charge on any atom is 0.252 e. The van der Waals surface area contributed by atoms with Gasteiger partial charge in [0.1, 0.15) is 5.82 Å². The molecule has 0 fully saturated rings. The number of amides is 1. The molecule has 0 saturated carbocycles. The van der Waals surface area contributed by atoms with Gasteiger partial charge in [0.15, 0.2) is 5.96 Å². The Labute approximate surface area is 187 Å². The van der Waals surface area contributed by atoms with Crippen LogP contribution in [0.3, 0.4) is 0 Å². The highest BCUT2D eigenvalue weighted by Gasteiger charge is 2.08. The number of carbonyl (C=O) groups is 1. The first-order chi connectivity index (χ1) is 13.1. The molecule has 0 radical (unpaired) electrons. The number of hydrogen-bond acceptors (Lipinski definition) is 2. The Hall–Kier alpha value is -1.87. The maximum absolute atomic E-state index is 13.2. The summed E-state index contributed by atoms with van der Waals surface area (Å²) in [7, 11) is 0. The molecule has 152 valence electrons. The topological polar surface area (TPSA) is 65.5 Å². The number of rotatable bonds is 8. The van der Waals surface area contributed by atoms with Crippen LogP contribution < -0.4 is 16.0 Å². The molecule has 28 heavy (non-hydrogen) atoms. The van der Waals surface area contributed by atoms with E-state index in [1.54, 1.807) is 30.3 Å². The standard InChI is InChI=1S/C20H24ClFN4O.HI/c1-2-23-20(25-11-10-15-6-5-7-16(22)14-15)26-13-12-24-19(27)17-8-3-4-9-18(17)21;/h3-9,14H,2,10-13H2,1H3,(H,24,27)(H2,23,25,26);1H. The predicted molar refractivity (Wildman–Crippen MR) is 123 cm³/mol. The molecule has 2 rings (SSSR count). The first-order valence-corrected chi connectivity index (χ1v) is 9.27. The zero-order valence-corrected chi connectivity index (χ0v) is 18.8. The number of aliphatic imine (C=N–C) groups is 1. The molecule has 8 heteroatoms. The van der Waals surface area contributed by atoms with E-state index in [9.17, 15) is 9.18 Å². The number of carbonyl (C=O) groups excluding carboxylic acids is 1. The van der Waals surface area contributed by atoms with Crippen LogP contribution in [0, 0.1) is 5.82 Å². The predicted octanol–water partition coefficient (Wildman–Crippen LogP) is 3.62. The van der Waals surface area contributed by atoms with Gasteiger partial charge in [-0.3, -0.25) is 9.79 Å². The zero-order valence-electron chi connectivity index (χ0n) is 15.7. The van der Waals surface area contributed by atoms with Crippen molar-refractivity contribution in [2.75, 3.05) is 26.2 Å². The summed E-state index contributed by atoms with van der Waals surface area (Å²) in [6, 6.07) is 13.4. The third kappa shape index (κ3) is 8.43. The van der Waals surface area contributed by atoms with Gasteiger partial charge in [-0.25, -0.2) is 4.39 Å². The van der Waals surface area contributed by atoms with Crippen LogP contribution in [0.2, 0.25) is 5.02 Å². The number of nitrogens with one attached hydrogen (secondary N) is 3. The fourth-order valence-electron chi connectivity index (χ4n) is 2.43. The Morgan fingerprint density at radius 3 is 2.54 bits per heavy atom. The van der Waals surface area contributed by atoms with Gasteiger partial charge in [0.25, 0.3) is 5.91 Å². The molecule has 0 unspecified atom stereocenters. The SMILES string of the molecule is CCNC(=NCCc1cccc(F)c1)NCCNC(=O)c1ccccc1Cl.I. The molecule has 0 bridgehead atoms. The summed E-state index contributed by atoms with van der Waals surface area (Å²) in [5.41, 5.74) is 1.36. The van der Waals surface area contributed by atoms with Gasteiger partial charge in [0.05, 0.1) is 10.6 Å². The van der Waals surface area contributed by atoms with Crippen molar-refractivity contribution in [2.24, 2.45) is 4.99 Å². The molecule has 5 nitrogen and oxygen atoms in total. The number of nitrogens with zero attached hydrogens (tertiary/aromatic N) is 1. The van der Waals surface area contributed by atoms with Crippen LogP contribution in [0.25, 0.3) is 0 Å². The van der Waals surface area contributed by atoms with Gasteiger partial charge in [-0.2, -0.15) is 0 Å². The van der Waals surface area contributed by atoms with Crippen LogP contribution >= 0.6 is 35.6 Å². The summed E-state index contributed by atoms with van der Waals surface area (Å²) >= 11 is 6.01. The second kappa shape index (κ2) is 13.3. The molecule has 2 aromatic rings. The Balaban J connectivity index is 0.00000392. The van der Waals surface area contributed by atoms with Crippen LogP contribution in [0.1, 0.15) is 22.8 Å². The summed E-state index contributed by atoms with van der Waals surface area (Å²) in [4.78, 5) is 16.6. The molecule has 0 aliphatic rings. The average Bonchev–Trinajstić information content (AvgIpc) is 2.65. The molecule has 1 amide bonds. The third-order valence-corrected chi connectivity index (χ3v) is 4.05. The Morgan fingerprint density at radius 2 is 1.82 bits per heavy atom. The third-order valence-electron chi connectivity index (χ3n) is 3.73. The Morgan fingerprint density at radius 1 is 1.07 bits per heavy atom. The first-order valence-electron chi connectivity index (χ1n) is 8.89. The quantitative estimate of drug-likeness (QED) is 0.216. The lowest BCUT2D eigenvalue weighted by Gasteiger charge is -2.12. The van der Waals surface area contributed by atoms with E-state index >= 15 is 0 Å². The second-order valence-corrected chi connectivity index (χ2v) is 6.21. The highest BCUT2D eigenvalue weighted by molar-refractivity contribution is 14.0. The summed E-state index contributed by atoms with van der Waals surface area (Å²) in [5.74, 6) is 0.201. The van der Waals surface area contributed by atoms with Gasteiger partial charge >= 0.3 is 0 Å². The summed E-state index contributed by atoms with van der Waals surface area (Å²) < 4.78 is 13.2. The van der Waals surface area contributed by atoms with Crippen molar-refractivity contribution in [1.82, 2.24) is 16.0 Å². The van der Waals surface area contributed by atoms with Gasteiger partial charge in [-0.05, 0) is 43.2 Å². The fraction of sp³-hybridized carbons (Fsp3) is 0.300. The lowest BCUT2D eigenvalue weighted by molar-refractivity contribution is 0.0954. The summed E-state index contributed by atoms with van der Waals surface area (Å²) in [6.45, 7) is 4.17. The van der Waals surface area contributed by atoms with Crippen molar-refractivity contribution >= 4 is 47.4 Å². The highest BCUT2D eigenvalue weighted by atomic mass is 127. The Bertz CT molecular complexity index is 788. The van der Waals surface area contributed by atoms with E-state index in [1.807, 2.05) is 13.0 Å². The highest BCUT2D eigenvalue weighted by Crippen LogP contribution is 2.14. The lowest BCUT2D eigenvalue weighted by atomic mass is 10.1. The van der Waals surface area contributed by atoms with Crippen LogP contribution in [-0.2, 0) is 6.42 Å². The van der Waals surface area contributed by atoms with Crippen molar-refractivity contribution in [2.45, 2.75) is 13.3 Å². The number of hydrogen-bond donors (Lipinski definition) is 3. The summed E-state index contributed by atoms with van der Waals surface area (Å²) in [5, 5.41) is 9.54. The molecule has 0 saturated heterocycles. The average molecular weight is 519 g/mol. The van der Waals surface area contributed by atoms with Crippen molar-refractivity contribution in [3.05, 3.63) is 70.5 Å². The maximum atomic E-state index is 13.2. The van der Waals surface area contributed by atoms with Crippen molar-refractivity contribution in [3.63, 3.8) is 0 Å². The molecule has 0 aliphatic carbocycles. The van der Waals surface area contributed by atoms with E-state index in [0.717, 1.165) is 12.1 Å². The van der Waals surface area contributed by atoms with E-state index in [1.165, 1.54) is 12.1 Å². The van der Waals surface area contributed by atoms with E-state index < -0.39 is 0 Å². The molecule has 3 N–H and O–H groups in total. The normalized spacial score (nSPS) is 10.8. The van der Waals surface area contributed by atoms with Gasteiger partial charge in [-0.1, -0.05) is 35.9 Å². The monoisotopic (exact) mass is 518 g/mol. The van der Waals surface area contributed by atoms with Crippen LogP contribution in [0.15, 0.2) is 53.5 Å². The Kier molecular flexibility index (Phi) is 11.5. The van der Waals surface area contributed by atoms with Gasteiger partial charge in [0, 0.05) is 26.2 Å². The molecular formula is C20H25ClFIN4O. The fourth-order valence-corrected chi connectivity index (χ4v) is 2.65. The van der Waals surface area contributed by atoms with E-state index in [4.69, 9.17) is 11.6 Å². The van der Waals surface area contributed by atoms with Gasteiger partial charge in [-0.15, -0.1) is 24.0 Å². The van der Waals surface area contributed by atoms with Crippen molar-refractivity contribution < 1.29 is 9.18 Å². The first kappa shape index (κ1) is 24.2. The minimum absolute atomic E-state index is 0. The molecule has 2 aromatic carbocycles. The molecule has 0 aromatic heterocycles. The molecule has 0 heterocycles. The van der Waals surface area contributed by atoms with E-state index in [0.29, 0.717) is 42.6 Å². The number of halogens is 3. The molecule has 0 atom stereocenters. The zero-order chi connectivity index (χ0) is 19.5. The number of guanidine groups is 1. The van der Waals surface area contributed by atoms with Crippen LogP contribution in [0.4, 0.5) is 4.39 Å². The number of benzene rings is 2. The van der Waals surface area contributed by atoms with Crippen LogP contribution in [0.5, 0.6) is 0 Å². The lowest BCUT2D eigenvalue weighted by Crippen LogP contribution is -2.41. The smallest absolute Gasteiger partial charge is 0.252 e.